The summed E-state index contributed by atoms with van der Waals surface area (Å²) in [5, 5.41) is 9.64. The Morgan fingerprint density at radius 1 is 1.19 bits per heavy atom. The van der Waals surface area contributed by atoms with Crippen molar-refractivity contribution in [1.29, 1.82) is 0 Å². The molecule has 7 nitrogen and oxygen atoms in total. The average Bonchev–Trinajstić information content (AvgIpc) is 3.07. The van der Waals surface area contributed by atoms with E-state index in [0.717, 1.165) is 27.6 Å². The van der Waals surface area contributed by atoms with Gasteiger partial charge in [-0.1, -0.05) is 28.6 Å². The van der Waals surface area contributed by atoms with Gasteiger partial charge < -0.3 is 10.6 Å². The first-order chi connectivity index (χ1) is 12.7. The van der Waals surface area contributed by atoms with Crippen LogP contribution in [0.15, 0.2) is 53.4 Å². The third kappa shape index (κ3) is 2.95. The first kappa shape index (κ1) is 17.0. The molecule has 0 atom stereocenters. The van der Waals surface area contributed by atoms with Crippen LogP contribution in [0.25, 0.3) is 16.9 Å². The van der Waals surface area contributed by atoms with Crippen molar-refractivity contribution in [3.8, 4) is 22.7 Å². The summed E-state index contributed by atoms with van der Waals surface area (Å²) < 4.78 is 6.38. The SMILES string of the molecule is NSOOc1ccc(-n2nc(C(N)=O)c3c2-c2ccccc2CS3)cc1. The zero-order chi connectivity index (χ0) is 18.1. The molecule has 0 aliphatic carbocycles. The van der Waals surface area contributed by atoms with E-state index in [9.17, 15) is 4.79 Å². The van der Waals surface area contributed by atoms with Crippen molar-refractivity contribution >= 4 is 29.9 Å². The van der Waals surface area contributed by atoms with Gasteiger partial charge >= 0.3 is 0 Å². The summed E-state index contributed by atoms with van der Waals surface area (Å²) in [5.41, 5.74) is 9.71. The Morgan fingerprint density at radius 3 is 2.69 bits per heavy atom. The van der Waals surface area contributed by atoms with Crippen molar-refractivity contribution in [2.45, 2.75) is 10.6 Å². The molecule has 4 N–H and O–H groups in total. The van der Waals surface area contributed by atoms with Crippen LogP contribution in [0.5, 0.6) is 5.75 Å². The molecule has 0 unspecified atom stereocenters. The molecule has 0 spiro atoms. The number of carbonyl (C=O) groups is 1. The predicted molar refractivity (Wildman–Crippen MR) is 101 cm³/mol. The van der Waals surface area contributed by atoms with Crippen LogP contribution < -0.4 is 15.8 Å². The number of primary amides is 1. The number of fused-ring (bicyclic) bond motifs is 3. The minimum absolute atomic E-state index is 0.280. The number of nitrogens with two attached hydrogens (primary N) is 2. The lowest BCUT2D eigenvalue weighted by atomic mass is 10.0. The first-order valence-electron chi connectivity index (χ1n) is 7.63. The monoisotopic (exact) mass is 386 g/mol. The van der Waals surface area contributed by atoms with Crippen molar-refractivity contribution in [1.82, 2.24) is 9.78 Å². The average molecular weight is 386 g/mol. The van der Waals surface area contributed by atoms with Crippen LogP contribution in [0.4, 0.5) is 0 Å². The van der Waals surface area contributed by atoms with Crippen molar-refractivity contribution in [2.24, 2.45) is 10.9 Å². The van der Waals surface area contributed by atoms with Crippen molar-refractivity contribution in [3.05, 3.63) is 59.8 Å². The number of amides is 1. The van der Waals surface area contributed by atoms with Crippen molar-refractivity contribution in [2.75, 3.05) is 0 Å². The minimum atomic E-state index is -0.541. The maximum absolute atomic E-state index is 11.9. The standard InChI is InChI=1S/C17H14N4O3S2/c18-17(22)14-16-15(13-4-2-1-3-10(13)9-25-16)21(20-14)11-5-7-12(8-6-11)23-24-26-19/h1-8H,9,19H2,(H2,18,22). The van der Waals surface area contributed by atoms with Gasteiger partial charge in [0.2, 0.25) is 0 Å². The molecule has 1 aliphatic rings. The number of aromatic nitrogens is 2. The normalized spacial score (nSPS) is 12.3. The zero-order valence-electron chi connectivity index (χ0n) is 13.4. The largest absolute Gasteiger partial charge is 0.364 e. The molecule has 0 saturated carbocycles. The molecule has 4 rings (SSSR count). The fourth-order valence-corrected chi connectivity index (χ4v) is 4.13. The van der Waals surface area contributed by atoms with E-state index in [2.05, 4.69) is 15.5 Å². The van der Waals surface area contributed by atoms with E-state index in [1.54, 1.807) is 28.6 Å². The quantitative estimate of drug-likeness (QED) is 0.300. The molecule has 132 valence electrons. The Morgan fingerprint density at radius 2 is 1.96 bits per heavy atom. The smallest absolute Gasteiger partial charge is 0.270 e. The van der Waals surface area contributed by atoms with Crippen molar-refractivity contribution < 1.29 is 14.0 Å². The second kappa shape index (κ2) is 7.04. The lowest BCUT2D eigenvalue weighted by molar-refractivity contribution is -0.0777. The van der Waals surface area contributed by atoms with Crippen LogP contribution in [-0.4, -0.2) is 15.7 Å². The number of nitrogens with zero attached hydrogens (tertiary/aromatic N) is 2. The number of benzene rings is 2. The van der Waals surface area contributed by atoms with Crippen molar-refractivity contribution in [3.63, 3.8) is 0 Å². The molecular weight excluding hydrogens is 372 g/mol. The first-order valence-corrected chi connectivity index (χ1v) is 9.42. The number of thioether (sulfide) groups is 1. The van der Waals surface area contributed by atoms with Gasteiger partial charge in [-0.05, 0) is 29.8 Å². The molecule has 0 fully saturated rings. The van der Waals surface area contributed by atoms with E-state index in [0.29, 0.717) is 18.0 Å². The molecule has 0 bridgehead atoms. The molecule has 2 heterocycles. The molecular formula is C17H14N4O3S2. The van der Waals surface area contributed by atoms with E-state index in [1.165, 1.54) is 5.56 Å². The fraction of sp³-hybridized carbons (Fsp3) is 0.0588. The van der Waals surface area contributed by atoms with Crippen LogP contribution in [0.2, 0.25) is 0 Å². The highest BCUT2D eigenvalue weighted by atomic mass is 32.2. The number of hydrogen-bond acceptors (Lipinski definition) is 7. The van der Waals surface area contributed by atoms with Crippen LogP contribution >= 0.6 is 24.0 Å². The van der Waals surface area contributed by atoms with Gasteiger partial charge in [0.25, 0.3) is 5.91 Å². The van der Waals surface area contributed by atoms with Gasteiger partial charge in [0.05, 0.1) is 16.3 Å². The Kier molecular flexibility index (Phi) is 4.60. The lowest BCUT2D eigenvalue weighted by Gasteiger charge is -2.18. The highest BCUT2D eigenvalue weighted by molar-refractivity contribution is 7.98. The van der Waals surface area contributed by atoms with E-state index in [-0.39, 0.29) is 5.69 Å². The molecule has 9 heteroatoms. The molecule has 0 saturated heterocycles. The summed E-state index contributed by atoms with van der Waals surface area (Å²) >= 11 is 2.19. The van der Waals surface area contributed by atoms with E-state index in [4.69, 9.17) is 15.8 Å². The van der Waals surface area contributed by atoms with Gasteiger partial charge in [0.15, 0.2) is 11.4 Å². The molecule has 0 radical (unpaired) electrons. The maximum atomic E-state index is 11.9. The molecule has 1 amide bonds. The van der Waals surface area contributed by atoms with Crippen LogP contribution in [-0.2, 0) is 10.1 Å². The van der Waals surface area contributed by atoms with Crippen LogP contribution in [0.1, 0.15) is 16.1 Å². The summed E-state index contributed by atoms with van der Waals surface area (Å²) in [4.78, 5) is 17.7. The molecule has 3 aromatic rings. The van der Waals surface area contributed by atoms with Gasteiger partial charge in [-0.15, -0.1) is 11.8 Å². The van der Waals surface area contributed by atoms with Gasteiger partial charge in [0.1, 0.15) is 12.2 Å². The third-order valence-electron chi connectivity index (χ3n) is 3.97. The highest BCUT2D eigenvalue weighted by Crippen LogP contribution is 2.44. The molecule has 2 aromatic carbocycles. The summed E-state index contributed by atoms with van der Waals surface area (Å²) in [6, 6.07) is 15.2. The number of hydrogen-bond donors (Lipinski definition) is 2. The maximum Gasteiger partial charge on any atom is 0.270 e. The second-order valence-electron chi connectivity index (χ2n) is 5.49. The Bertz CT molecular complexity index is 973. The summed E-state index contributed by atoms with van der Waals surface area (Å²) in [7, 11) is 0. The van der Waals surface area contributed by atoms with Gasteiger partial charge in [0, 0.05) is 11.3 Å². The lowest BCUT2D eigenvalue weighted by Crippen LogP contribution is -2.13. The third-order valence-corrected chi connectivity index (χ3v) is 5.25. The Labute approximate surface area is 157 Å². The Hall–Kier alpha value is -2.46. The van der Waals surface area contributed by atoms with Gasteiger partial charge in [-0.2, -0.15) is 5.10 Å². The molecule has 1 aliphatic heterocycles. The second-order valence-corrected chi connectivity index (χ2v) is 6.80. The van der Waals surface area contributed by atoms with E-state index >= 15 is 0 Å². The molecule has 1 aromatic heterocycles. The number of carbonyl (C=O) groups excluding carboxylic acids is 1. The molecule has 26 heavy (non-hydrogen) atoms. The van der Waals surface area contributed by atoms with Gasteiger partial charge in [-0.25, -0.2) is 4.68 Å². The number of rotatable bonds is 5. The zero-order valence-corrected chi connectivity index (χ0v) is 15.0. The topological polar surface area (TPSA) is 105 Å². The van der Waals surface area contributed by atoms with Gasteiger partial charge in [-0.3, -0.25) is 9.93 Å². The summed E-state index contributed by atoms with van der Waals surface area (Å²) in [5.74, 6) is 0.730. The minimum Gasteiger partial charge on any atom is -0.364 e. The summed E-state index contributed by atoms with van der Waals surface area (Å²) in [6.07, 6.45) is 0. The van der Waals surface area contributed by atoms with Crippen LogP contribution in [0, 0.1) is 0 Å². The fourth-order valence-electron chi connectivity index (χ4n) is 2.85. The predicted octanol–water partition coefficient (Wildman–Crippen LogP) is 3.08. The van der Waals surface area contributed by atoms with Crippen LogP contribution in [0.3, 0.4) is 0 Å². The van der Waals surface area contributed by atoms with E-state index < -0.39 is 5.91 Å². The summed E-state index contributed by atoms with van der Waals surface area (Å²) in [6.45, 7) is 0. The highest BCUT2D eigenvalue weighted by Gasteiger charge is 2.28. The Balaban J connectivity index is 1.84. The van der Waals surface area contributed by atoms with E-state index in [1.807, 2.05) is 30.3 Å².